The summed E-state index contributed by atoms with van der Waals surface area (Å²) in [6.07, 6.45) is 1.02. The molecule has 0 spiro atoms. The van der Waals surface area contributed by atoms with Crippen LogP contribution >= 0.6 is 0 Å². The Labute approximate surface area is 113 Å². The molecule has 100 valence electrons. The highest BCUT2D eigenvalue weighted by atomic mass is 15.3. The molecule has 0 bridgehead atoms. The number of nitrogen functional groups attached to an aromatic ring is 1. The summed E-state index contributed by atoms with van der Waals surface area (Å²) in [5, 5.41) is 3.33. The van der Waals surface area contributed by atoms with E-state index in [4.69, 9.17) is 5.84 Å². The second kappa shape index (κ2) is 6.15. The molecule has 1 atom stereocenters. The van der Waals surface area contributed by atoms with Gasteiger partial charge in [0.2, 0.25) is 0 Å². The van der Waals surface area contributed by atoms with Crippen LogP contribution in [0.25, 0.3) is 11.4 Å². The number of hydrogen-bond donors (Lipinski definition) is 3. The number of nitrogens with one attached hydrogen (secondary N) is 2. The summed E-state index contributed by atoms with van der Waals surface area (Å²) in [6, 6.07) is 12.0. The largest absolute Gasteiger partial charge is 0.367 e. The van der Waals surface area contributed by atoms with E-state index in [1.807, 2.05) is 30.3 Å². The summed E-state index contributed by atoms with van der Waals surface area (Å²) in [6.45, 7) is 4.24. The van der Waals surface area contributed by atoms with Crippen LogP contribution < -0.4 is 16.6 Å². The lowest BCUT2D eigenvalue weighted by Gasteiger charge is -2.14. The van der Waals surface area contributed by atoms with E-state index in [-0.39, 0.29) is 0 Å². The summed E-state index contributed by atoms with van der Waals surface area (Å²) < 4.78 is 0. The minimum absolute atomic E-state index is 0.351. The summed E-state index contributed by atoms with van der Waals surface area (Å²) in [5.41, 5.74) is 3.54. The first-order valence-electron chi connectivity index (χ1n) is 6.40. The van der Waals surface area contributed by atoms with Gasteiger partial charge in [-0.1, -0.05) is 37.3 Å². The third kappa shape index (κ3) is 3.42. The van der Waals surface area contributed by atoms with Crippen molar-refractivity contribution in [2.75, 3.05) is 10.7 Å². The number of hydrazine groups is 1. The van der Waals surface area contributed by atoms with Gasteiger partial charge in [-0.2, -0.15) is 0 Å². The molecule has 1 aromatic carbocycles. The van der Waals surface area contributed by atoms with Gasteiger partial charge in [-0.3, -0.25) is 0 Å². The van der Waals surface area contributed by atoms with Crippen molar-refractivity contribution < 1.29 is 0 Å². The van der Waals surface area contributed by atoms with Crippen molar-refractivity contribution in [3.05, 3.63) is 36.4 Å². The van der Waals surface area contributed by atoms with Crippen LogP contribution in [0.2, 0.25) is 0 Å². The fourth-order valence-corrected chi connectivity index (χ4v) is 1.67. The molecular weight excluding hydrogens is 238 g/mol. The second-order valence-electron chi connectivity index (χ2n) is 4.43. The van der Waals surface area contributed by atoms with Crippen LogP contribution in [0.1, 0.15) is 20.3 Å². The average molecular weight is 257 g/mol. The molecule has 1 unspecified atom stereocenters. The lowest BCUT2D eigenvalue weighted by atomic mass is 10.2. The van der Waals surface area contributed by atoms with E-state index < -0.39 is 0 Å². The van der Waals surface area contributed by atoms with Crippen LogP contribution in [0.4, 0.5) is 11.6 Å². The molecular formula is C14H19N5. The maximum Gasteiger partial charge on any atom is 0.163 e. The highest BCUT2D eigenvalue weighted by molar-refractivity contribution is 5.61. The molecule has 2 rings (SSSR count). The van der Waals surface area contributed by atoms with Crippen molar-refractivity contribution in [3.63, 3.8) is 0 Å². The van der Waals surface area contributed by atoms with E-state index in [1.165, 1.54) is 0 Å². The molecule has 0 radical (unpaired) electrons. The van der Waals surface area contributed by atoms with Gasteiger partial charge in [0, 0.05) is 17.7 Å². The Morgan fingerprint density at radius 1 is 1.16 bits per heavy atom. The molecule has 1 heterocycles. The fraction of sp³-hybridized carbons (Fsp3) is 0.286. The van der Waals surface area contributed by atoms with Gasteiger partial charge in [0.1, 0.15) is 11.6 Å². The zero-order valence-electron chi connectivity index (χ0n) is 11.2. The molecule has 0 aliphatic rings. The molecule has 4 N–H and O–H groups in total. The minimum Gasteiger partial charge on any atom is -0.367 e. The van der Waals surface area contributed by atoms with E-state index in [0.29, 0.717) is 17.7 Å². The van der Waals surface area contributed by atoms with Crippen LogP contribution in [-0.2, 0) is 0 Å². The minimum atomic E-state index is 0.351. The zero-order chi connectivity index (χ0) is 13.7. The highest BCUT2D eigenvalue weighted by Gasteiger charge is 2.07. The highest BCUT2D eigenvalue weighted by Crippen LogP contribution is 2.20. The lowest BCUT2D eigenvalue weighted by Crippen LogP contribution is -2.16. The fourth-order valence-electron chi connectivity index (χ4n) is 1.67. The van der Waals surface area contributed by atoms with Crippen LogP contribution in [0.3, 0.4) is 0 Å². The van der Waals surface area contributed by atoms with E-state index in [1.54, 1.807) is 6.07 Å². The van der Waals surface area contributed by atoms with Gasteiger partial charge in [-0.05, 0) is 13.3 Å². The van der Waals surface area contributed by atoms with Gasteiger partial charge in [0.15, 0.2) is 5.82 Å². The Morgan fingerprint density at radius 2 is 1.84 bits per heavy atom. The van der Waals surface area contributed by atoms with Gasteiger partial charge in [0.25, 0.3) is 0 Å². The summed E-state index contributed by atoms with van der Waals surface area (Å²) in [4.78, 5) is 8.89. The Morgan fingerprint density at radius 3 is 2.47 bits per heavy atom. The molecule has 0 aliphatic heterocycles. The second-order valence-corrected chi connectivity index (χ2v) is 4.43. The number of hydrogen-bond acceptors (Lipinski definition) is 5. The molecule has 2 aromatic rings. The number of nitrogens with zero attached hydrogens (tertiary/aromatic N) is 2. The number of anilines is 2. The molecule has 0 amide bonds. The molecule has 5 nitrogen and oxygen atoms in total. The molecule has 19 heavy (non-hydrogen) atoms. The van der Waals surface area contributed by atoms with Crippen molar-refractivity contribution in [2.24, 2.45) is 5.84 Å². The van der Waals surface area contributed by atoms with Gasteiger partial charge in [0.05, 0.1) is 0 Å². The summed E-state index contributed by atoms with van der Waals surface area (Å²) in [5.74, 6) is 7.49. The zero-order valence-corrected chi connectivity index (χ0v) is 11.2. The van der Waals surface area contributed by atoms with E-state index in [9.17, 15) is 0 Å². The van der Waals surface area contributed by atoms with Gasteiger partial charge >= 0.3 is 0 Å². The standard InChI is InChI=1S/C14H19N5/c1-3-10(2)16-12-9-13(19-15)18-14(17-12)11-7-5-4-6-8-11/h4-10H,3,15H2,1-2H3,(H2,16,17,18,19). The Bertz CT molecular complexity index is 527. The molecule has 5 heteroatoms. The van der Waals surface area contributed by atoms with Crippen LogP contribution in [0.5, 0.6) is 0 Å². The topological polar surface area (TPSA) is 75.9 Å². The number of benzene rings is 1. The number of nitrogens with two attached hydrogens (primary N) is 1. The summed E-state index contributed by atoms with van der Waals surface area (Å²) in [7, 11) is 0. The normalized spacial score (nSPS) is 11.9. The van der Waals surface area contributed by atoms with Crippen molar-refractivity contribution in [1.82, 2.24) is 9.97 Å². The van der Waals surface area contributed by atoms with E-state index >= 15 is 0 Å². The van der Waals surface area contributed by atoms with Crippen LogP contribution in [0.15, 0.2) is 36.4 Å². The average Bonchev–Trinajstić information content (AvgIpc) is 2.47. The van der Waals surface area contributed by atoms with Gasteiger partial charge < -0.3 is 10.7 Å². The third-order valence-electron chi connectivity index (χ3n) is 2.91. The Balaban J connectivity index is 2.36. The van der Waals surface area contributed by atoms with Crippen LogP contribution in [-0.4, -0.2) is 16.0 Å². The van der Waals surface area contributed by atoms with Crippen molar-refractivity contribution in [1.29, 1.82) is 0 Å². The quantitative estimate of drug-likeness (QED) is 0.567. The van der Waals surface area contributed by atoms with Crippen molar-refractivity contribution in [2.45, 2.75) is 26.3 Å². The maximum atomic E-state index is 5.46. The van der Waals surface area contributed by atoms with Crippen molar-refractivity contribution in [3.8, 4) is 11.4 Å². The predicted octanol–water partition coefficient (Wildman–Crippen LogP) is 2.64. The van der Waals surface area contributed by atoms with Crippen LogP contribution in [0, 0.1) is 0 Å². The Kier molecular flexibility index (Phi) is 4.30. The smallest absolute Gasteiger partial charge is 0.163 e. The maximum absolute atomic E-state index is 5.46. The predicted molar refractivity (Wildman–Crippen MR) is 78.7 cm³/mol. The molecule has 0 saturated carbocycles. The van der Waals surface area contributed by atoms with Gasteiger partial charge in [-0.15, -0.1) is 0 Å². The molecule has 0 fully saturated rings. The lowest BCUT2D eigenvalue weighted by molar-refractivity contribution is 0.759. The summed E-state index contributed by atoms with van der Waals surface area (Å²) >= 11 is 0. The molecule has 0 aliphatic carbocycles. The number of rotatable bonds is 5. The molecule has 1 aromatic heterocycles. The SMILES string of the molecule is CCC(C)Nc1cc(NN)nc(-c2ccccc2)n1. The first-order chi connectivity index (χ1) is 9.22. The van der Waals surface area contributed by atoms with E-state index in [0.717, 1.165) is 17.8 Å². The first kappa shape index (κ1) is 13.3. The third-order valence-corrected chi connectivity index (χ3v) is 2.91. The molecule has 0 saturated heterocycles. The Hall–Kier alpha value is -2.14. The monoisotopic (exact) mass is 257 g/mol. The van der Waals surface area contributed by atoms with E-state index in [2.05, 4.69) is 34.6 Å². The number of aromatic nitrogens is 2. The first-order valence-corrected chi connectivity index (χ1v) is 6.40. The van der Waals surface area contributed by atoms with Crippen molar-refractivity contribution >= 4 is 11.6 Å². The van der Waals surface area contributed by atoms with Gasteiger partial charge in [-0.25, -0.2) is 15.8 Å².